The molecule has 26 heavy (non-hydrogen) atoms. The first-order valence-electron chi connectivity index (χ1n) is 9.00. The lowest BCUT2D eigenvalue weighted by Gasteiger charge is -2.24. The van der Waals surface area contributed by atoms with Gasteiger partial charge in [0.15, 0.2) is 0 Å². The number of benzene rings is 1. The van der Waals surface area contributed by atoms with E-state index in [1.807, 2.05) is 42.1 Å². The first kappa shape index (κ1) is 16.5. The summed E-state index contributed by atoms with van der Waals surface area (Å²) in [6, 6.07) is 12.0. The van der Waals surface area contributed by atoms with Gasteiger partial charge in [-0.3, -0.25) is 9.78 Å². The second-order valence-corrected chi connectivity index (χ2v) is 6.83. The van der Waals surface area contributed by atoms with E-state index in [1.165, 1.54) is 11.3 Å². The van der Waals surface area contributed by atoms with E-state index in [4.69, 9.17) is 0 Å². The monoisotopic (exact) mass is 346 g/mol. The van der Waals surface area contributed by atoms with Crippen molar-refractivity contribution in [1.29, 1.82) is 0 Å². The van der Waals surface area contributed by atoms with Crippen LogP contribution in [0.1, 0.15) is 51.8 Å². The lowest BCUT2D eigenvalue weighted by atomic mass is 9.92. The molecule has 1 atom stereocenters. The summed E-state index contributed by atoms with van der Waals surface area (Å²) < 4.78 is 2.02. The van der Waals surface area contributed by atoms with Crippen molar-refractivity contribution >= 4 is 5.91 Å². The van der Waals surface area contributed by atoms with Gasteiger partial charge in [-0.2, -0.15) is 5.10 Å². The number of hydrogen-bond donors (Lipinski definition) is 1. The molecule has 3 aromatic rings. The second-order valence-electron chi connectivity index (χ2n) is 6.83. The van der Waals surface area contributed by atoms with Gasteiger partial charge in [-0.25, -0.2) is 4.68 Å². The Bertz CT molecular complexity index is 960. The molecule has 0 aliphatic heterocycles. The molecule has 1 aliphatic carbocycles. The molecule has 1 aliphatic rings. The van der Waals surface area contributed by atoms with Crippen LogP contribution in [0, 0.1) is 13.8 Å². The third kappa shape index (κ3) is 2.90. The molecule has 1 aromatic carbocycles. The van der Waals surface area contributed by atoms with Crippen LogP contribution in [0.3, 0.4) is 0 Å². The molecule has 2 heterocycles. The molecule has 5 nitrogen and oxygen atoms in total. The fourth-order valence-electron chi connectivity index (χ4n) is 3.67. The molecule has 1 unspecified atom stereocenters. The van der Waals surface area contributed by atoms with E-state index < -0.39 is 0 Å². The molecule has 0 radical (unpaired) electrons. The Balaban J connectivity index is 1.64. The zero-order valence-electron chi connectivity index (χ0n) is 15.1. The molecule has 132 valence electrons. The number of amides is 1. The van der Waals surface area contributed by atoms with E-state index in [0.717, 1.165) is 36.1 Å². The van der Waals surface area contributed by atoms with Gasteiger partial charge in [0, 0.05) is 17.5 Å². The normalized spacial score (nSPS) is 16.2. The first-order chi connectivity index (χ1) is 12.6. The van der Waals surface area contributed by atoms with Crippen LogP contribution in [0.25, 0.3) is 5.69 Å². The summed E-state index contributed by atoms with van der Waals surface area (Å²) in [4.78, 5) is 16.9. The van der Waals surface area contributed by atoms with Crippen molar-refractivity contribution in [3.8, 4) is 5.69 Å². The Hall–Kier alpha value is -2.95. The van der Waals surface area contributed by atoms with Crippen LogP contribution < -0.4 is 5.32 Å². The third-order valence-electron chi connectivity index (χ3n) is 5.06. The van der Waals surface area contributed by atoms with Crippen LogP contribution >= 0.6 is 0 Å². The molecule has 0 fully saturated rings. The topological polar surface area (TPSA) is 59.8 Å². The summed E-state index contributed by atoms with van der Waals surface area (Å²) in [7, 11) is 0. The minimum absolute atomic E-state index is 0.0228. The summed E-state index contributed by atoms with van der Waals surface area (Å²) >= 11 is 0. The van der Waals surface area contributed by atoms with Crippen molar-refractivity contribution in [2.24, 2.45) is 0 Å². The number of nitrogens with one attached hydrogen (secondary N) is 1. The van der Waals surface area contributed by atoms with Crippen molar-refractivity contribution in [1.82, 2.24) is 20.1 Å². The fraction of sp³-hybridized carbons (Fsp3) is 0.286. The van der Waals surface area contributed by atoms with Crippen LogP contribution in [0.4, 0.5) is 0 Å². The highest BCUT2D eigenvalue weighted by atomic mass is 16.1. The summed E-state index contributed by atoms with van der Waals surface area (Å²) in [6.07, 6.45) is 6.47. The first-order valence-corrected chi connectivity index (χ1v) is 9.00. The van der Waals surface area contributed by atoms with Crippen LogP contribution in [0.5, 0.6) is 0 Å². The average molecular weight is 346 g/mol. The molecule has 4 rings (SSSR count). The highest BCUT2D eigenvalue weighted by Crippen LogP contribution is 2.31. The molecule has 0 saturated carbocycles. The van der Waals surface area contributed by atoms with Crippen molar-refractivity contribution in [3.05, 3.63) is 76.9 Å². The van der Waals surface area contributed by atoms with Gasteiger partial charge in [0.2, 0.25) is 0 Å². The number of pyridine rings is 1. The number of aromatic nitrogens is 3. The molecule has 5 heteroatoms. The zero-order valence-corrected chi connectivity index (χ0v) is 15.1. The molecule has 0 spiro atoms. The predicted octanol–water partition coefficient (Wildman–Crippen LogP) is 3.69. The number of carbonyl (C=O) groups excluding carboxylic acids is 1. The van der Waals surface area contributed by atoms with Gasteiger partial charge in [0.05, 0.1) is 17.9 Å². The van der Waals surface area contributed by atoms with Crippen molar-refractivity contribution in [3.63, 3.8) is 0 Å². The van der Waals surface area contributed by atoms with Crippen LogP contribution in [0.2, 0.25) is 0 Å². The minimum Gasteiger partial charge on any atom is -0.344 e. The number of aryl methyl sites for hydroxylation is 2. The summed E-state index contributed by atoms with van der Waals surface area (Å²) in [6.45, 7) is 4.00. The predicted molar refractivity (Wildman–Crippen MR) is 100 cm³/mol. The van der Waals surface area contributed by atoms with E-state index in [0.29, 0.717) is 5.69 Å². The van der Waals surface area contributed by atoms with Gasteiger partial charge >= 0.3 is 0 Å². The Kier molecular flexibility index (Phi) is 4.29. The van der Waals surface area contributed by atoms with E-state index in [2.05, 4.69) is 34.5 Å². The largest absolute Gasteiger partial charge is 0.344 e. The number of hydrogen-bond acceptors (Lipinski definition) is 3. The lowest BCUT2D eigenvalue weighted by Crippen LogP contribution is -2.32. The standard InChI is InChI=1S/C21H22N4O/c1-14-7-3-4-10-18(14)25-19-11-5-9-17(16(19)13-23-25)24-21(26)20-15(2)8-6-12-22-20/h3-4,6-8,10,12-13,17H,5,9,11H2,1-2H3,(H,24,26). The lowest BCUT2D eigenvalue weighted by molar-refractivity contribution is 0.0927. The molecular weight excluding hydrogens is 324 g/mol. The Morgan fingerprint density at radius 2 is 1.96 bits per heavy atom. The van der Waals surface area contributed by atoms with Gasteiger partial charge in [0.25, 0.3) is 5.91 Å². The molecule has 0 saturated heterocycles. The van der Waals surface area contributed by atoms with Crippen LogP contribution in [-0.4, -0.2) is 20.7 Å². The Morgan fingerprint density at radius 1 is 1.15 bits per heavy atom. The molecule has 2 aromatic heterocycles. The number of rotatable bonds is 3. The van der Waals surface area contributed by atoms with Gasteiger partial charge in [-0.05, 0) is 56.4 Å². The van der Waals surface area contributed by atoms with Crippen molar-refractivity contribution < 1.29 is 4.79 Å². The molecule has 1 amide bonds. The van der Waals surface area contributed by atoms with E-state index >= 15 is 0 Å². The summed E-state index contributed by atoms with van der Waals surface area (Å²) in [5.74, 6) is -0.121. The van der Waals surface area contributed by atoms with E-state index in [1.54, 1.807) is 6.20 Å². The highest BCUT2D eigenvalue weighted by molar-refractivity contribution is 5.93. The number of carbonyl (C=O) groups is 1. The molecule has 1 N–H and O–H groups in total. The average Bonchev–Trinajstić information content (AvgIpc) is 3.07. The number of nitrogens with zero attached hydrogens (tertiary/aromatic N) is 3. The third-order valence-corrected chi connectivity index (χ3v) is 5.06. The van der Waals surface area contributed by atoms with Gasteiger partial charge < -0.3 is 5.32 Å². The number of para-hydroxylation sites is 1. The highest BCUT2D eigenvalue weighted by Gasteiger charge is 2.27. The fourth-order valence-corrected chi connectivity index (χ4v) is 3.67. The van der Waals surface area contributed by atoms with Gasteiger partial charge in [-0.15, -0.1) is 0 Å². The summed E-state index contributed by atoms with van der Waals surface area (Å²) in [5, 5.41) is 7.78. The maximum atomic E-state index is 12.7. The zero-order chi connectivity index (χ0) is 18.1. The Morgan fingerprint density at radius 3 is 2.77 bits per heavy atom. The van der Waals surface area contributed by atoms with E-state index in [-0.39, 0.29) is 11.9 Å². The maximum absolute atomic E-state index is 12.7. The quantitative estimate of drug-likeness (QED) is 0.787. The maximum Gasteiger partial charge on any atom is 0.270 e. The van der Waals surface area contributed by atoms with Crippen molar-refractivity contribution in [2.75, 3.05) is 0 Å². The summed E-state index contributed by atoms with van der Waals surface area (Å²) in [5.41, 5.74) is 5.97. The second kappa shape index (κ2) is 6.75. The smallest absolute Gasteiger partial charge is 0.270 e. The van der Waals surface area contributed by atoms with E-state index in [9.17, 15) is 4.79 Å². The van der Waals surface area contributed by atoms with Crippen LogP contribution in [0.15, 0.2) is 48.8 Å². The number of fused-ring (bicyclic) bond motifs is 1. The van der Waals surface area contributed by atoms with Crippen molar-refractivity contribution in [2.45, 2.75) is 39.2 Å². The van der Waals surface area contributed by atoms with Crippen LogP contribution in [-0.2, 0) is 6.42 Å². The molecule has 0 bridgehead atoms. The molecular formula is C21H22N4O. The minimum atomic E-state index is -0.121. The Labute approximate surface area is 153 Å². The van der Waals surface area contributed by atoms with Gasteiger partial charge in [0.1, 0.15) is 5.69 Å². The SMILES string of the molecule is Cc1ccccc1-n1ncc2c1CCCC2NC(=O)c1ncccc1C. The van der Waals surface area contributed by atoms with Gasteiger partial charge in [-0.1, -0.05) is 24.3 Å².